The topological polar surface area (TPSA) is 54.0 Å². The maximum Gasteiger partial charge on any atom is 0.240 e. The minimum Gasteiger partial charge on any atom is -0.304 e. The second-order valence-corrected chi connectivity index (χ2v) is 5.65. The first-order chi connectivity index (χ1) is 9.13. The molecule has 1 aromatic carbocycles. The van der Waals surface area contributed by atoms with Gasteiger partial charge >= 0.3 is 0 Å². The smallest absolute Gasteiger partial charge is 0.240 e. The van der Waals surface area contributed by atoms with Gasteiger partial charge in [-0.15, -0.1) is 11.3 Å². The first-order valence-electron chi connectivity index (χ1n) is 6.12. The maximum atomic E-state index is 11.7. The number of nitrogens with one attached hydrogen (secondary N) is 2. The largest absolute Gasteiger partial charge is 0.304 e. The molecular weight excluding hydrogens is 258 g/mol. The molecule has 0 aliphatic carbocycles. The number of nitrogens with zero attached hydrogens (tertiary/aromatic N) is 1. The lowest BCUT2D eigenvalue weighted by Crippen LogP contribution is -2.27. The molecule has 0 atom stereocenters. The lowest BCUT2D eigenvalue weighted by molar-refractivity contribution is -0.115. The molecule has 0 saturated heterocycles. The number of carbonyl (C=O) groups excluding carboxylic acids is 1. The summed E-state index contributed by atoms with van der Waals surface area (Å²) in [5.74, 6) is -0.0681. The number of hydrogen-bond acceptors (Lipinski definition) is 4. The number of aryl methyl sites for hydroxylation is 2. The number of aromatic nitrogens is 1. The van der Waals surface area contributed by atoms with Gasteiger partial charge in [-0.3, -0.25) is 4.79 Å². The van der Waals surface area contributed by atoms with E-state index in [1.807, 2.05) is 6.92 Å². The van der Waals surface area contributed by atoms with E-state index in [1.165, 1.54) is 22.5 Å². The van der Waals surface area contributed by atoms with Crippen molar-refractivity contribution >= 4 is 22.4 Å². The molecule has 5 heteroatoms. The van der Waals surface area contributed by atoms with E-state index in [0.29, 0.717) is 11.7 Å². The monoisotopic (exact) mass is 275 g/mol. The third-order valence-electron chi connectivity index (χ3n) is 2.60. The number of carbonyl (C=O) groups is 1. The van der Waals surface area contributed by atoms with Crippen molar-refractivity contribution in [1.29, 1.82) is 0 Å². The van der Waals surface area contributed by atoms with Crippen LogP contribution in [0.2, 0.25) is 0 Å². The van der Waals surface area contributed by atoms with Gasteiger partial charge in [0, 0.05) is 17.6 Å². The second-order valence-electron chi connectivity index (χ2n) is 4.41. The van der Waals surface area contributed by atoms with Crippen molar-refractivity contribution in [2.24, 2.45) is 0 Å². The molecule has 0 saturated carbocycles. The van der Waals surface area contributed by atoms with Gasteiger partial charge in [0.1, 0.15) is 0 Å². The van der Waals surface area contributed by atoms with Crippen LogP contribution in [0.1, 0.15) is 16.0 Å². The lowest BCUT2D eigenvalue weighted by Gasteiger charge is -2.05. The molecule has 0 radical (unpaired) electrons. The molecule has 0 spiro atoms. The summed E-state index contributed by atoms with van der Waals surface area (Å²) in [6.07, 6.45) is 1.75. The molecule has 2 N–H and O–H groups in total. The summed E-state index contributed by atoms with van der Waals surface area (Å²) in [7, 11) is 0. The molecule has 1 aromatic heterocycles. The van der Waals surface area contributed by atoms with Crippen LogP contribution in [0.3, 0.4) is 0 Å². The number of thiazole rings is 1. The highest BCUT2D eigenvalue weighted by molar-refractivity contribution is 7.15. The van der Waals surface area contributed by atoms with Gasteiger partial charge in [-0.05, 0) is 19.4 Å². The second kappa shape index (κ2) is 6.45. The van der Waals surface area contributed by atoms with E-state index >= 15 is 0 Å². The van der Waals surface area contributed by atoms with Crippen molar-refractivity contribution in [3.63, 3.8) is 0 Å². The summed E-state index contributed by atoms with van der Waals surface area (Å²) in [4.78, 5) is 16.8. The van der Waals surface area contributed by atoms with E-state index in [2.05, 4.69) is 46.8 Å². The Morgan fingerprint density at radius 3 is 2.63 bits per heavy atom. The molecule has 0 fully saturated rings. The van der Waals surface area contributed by atoms with Crippen LogP contribution in [0.4, 0.5) is 5.13 Å². The predicted molar refractivity (Wildman–Crippen MR) is 78.4 cm³/mol. The van der Waals surface area contributed by atoms with Gasteiger partial charge in [-0.2, -0.15) is 0 Å². The zero-order chi connectivity index (χ0) is 13.7. The average Bonchev–Trinajstić information content (AvgIpc) is 2.77. The van der Waals surface area contributed by atoms with Gasteiger partial charge < -0.3 is 10.6 Å². The van der Waals surface area contributed by atoms with Crippen molar-refractivity contribution in [3.8, 4) is 0 Å². The number of hydrogen-bond donors (Lipinski definition) is 2. The van der Waals surface area contributed by atoms with Gasteiger partial charge in [-0.25, -0.2) is 4.98 Å². The summed E-state index contributed by atoms with van der Waals surface area (Å²) in [6, 6.07) is 8.25. The molecule has 1 heterocycles. The number of amides is 1. The zero-order valence-electron chi connectivity index (χ0n) is 11.1. The van der Waals surface area contributed by atoms with E-state index in [-0.39, 0.29) is 12.5 Å². The number of anilines is 1. The molecule has 2 rings (SSSR count). The minimum absolute atomic E-state index is 0.0681. The average molecular weight is 275 g/mol. The van der Waals surface area contributed by atoms with Crippen LogP contribution in [-0.2, 0) is 11.3 Å². The SMILES string of the molecule is Cc1ccc(CNCC(=O)Nc2ncc(C)s2)cc1. The third kappa shape index (κ3) is 4.46. The lowest BCUT2D eigenvalue weighted by atomic mass is 10.1. The summed E-state index contributed by atoms with van der Waals surface area (Å²) < 4.78 is 0. The first kappa shape index (κ1) is 13.7. The Balaban J connectivity index is 1.73. The molecule has 100 valence electrons. The molecule has 19 heavy (non-hydrogen) atoms. The fourth-order valence-corrected chi connectivity index (χ4v) is 2.28. The van der Waals surface area contributed by atoms with Gasteiger partial charge in [0.15, 0.2) is 5.13 Å². The molecular formula is C14H17N3OS. The fraction of sp³-hybridized carbons (Fsp3) is 0.286. The Labute approximate surface area is 116 Å². The van der Waals surface area contributed by atoms with Crippen LogP contribution in [0.25, 0.3) is 0 Å². The number of rotatable bonds is 5. The Morgan fingerprint density at radius 2 is 2.00 bits per heavy atom. The van der Waals surface area contributed by atoms with Crippen molar-refractivity contribution in [1.82, 2.24) is 10.3 Å². The predicted octanol–water partition coefficient (Wildman–Crippen LogP) is 2.49. The summed E-state index contributed by atoms with van der Waals surface area (Å²) in [5, 5.41) is 6.53. The van der Waals surface area contributed by atoms with Gasteiger partial charge in [0.25, 0.3) is 0 Å². The summed E-state index contributed by atoms with van der Waals surface area (Å²) >= 11 is 1.48. The molecule has 1 amide bonds. The maximum absolute atomic E-state index is 11.7. The van der Waals surface area contributed by atoms with Crippen molar-refractivity contribution in [2.45, 2.75) is 20.4 Å². The van der Waals surface area contributed by atoms with Crippen LogP contribution in [0.15, 0.2) is 30.5 Å². The normalized spacial score (nSPS) is 10.4. The van der Waals surface area contributed by atoms with E-state index < -0.39 is 0 Å². The van der Waals surface area contributed by atoms with Crippen LogP contribution < -0.4 is 10.6 Å². The van der Waals surface area contributed by atoms with Crippen LogP contribution in [-0.4, -0.2) is 17.4 Å². The third-order valence-corrected chi connectivity index (χ3v) is 3.43. The van der Waals surface area contributed by atoms with Crippen molar-refractivity contribution in [3.05, 3.63) is 46.5 Å². The molecule has 0 aliphatic heterocycles. The van der Waals surface area contributed by atoms with Crippen LogP contribution in [0, 0.1) is 13.8 Å². The van der Waals surface area contributed by atoms with Crippen molar-refractivity contribution < 1.29 is 4.79 Å². The van der Waals surface area contributed by atoms with Crippen LogP contribution in [0.5, 0.6) is 0 Å². The highest BCUT2D eigenvalue weighted by Crippen LogP contribution is 2.15. The Bertz CT molecular complexity index is 548. The number of benzene rings is 1. The van der Waals surface area contributed by atoms with Crippen molar-refractivity contribution in [2.75, 3.05) is 11.9 Å². The van der Waals surface area contributed by atoms with E-state index in [1.54, 1.807) is 6.20 Å². The highest BCUT2D eigenvalue weighted by atomic mass is 32.1. The minimum atomic E-state index is -0.0681. The molecule has 0 aliphatic rings. The Hall–Kier alpha value is -1.72. The quantitative estimate of drug-likeness (QED) is 0.881. The molecule has 0 unspecified atom stereocenters. The van der Waals surface area contributed by atoms with E-state index in [4.69, 9.17) is 0 Å². The van der Waals surface area contributed by atoms with Crippen LogP contribution >= 0.6 is 11.3 Å². The molecule has 0 bridgehead atoms. The Kier molecular flexibility index (Phi) is 4.65. The highest BCUT2D eigenvalue weighted by Gasteiger charge is 2.04. The van der Waals surface area contributed by atoms with Gasteiger partial charge in [0.05, 0.1) is 6.54 Å². The summed E-state index contributed by atoms with van der Waals surface area (Å²) in [6.45, 7) is 4.99. The van der Waals surface area contributed by atoms with E-state index in [0.717, 1.165) is 4.88 Å². The fourth-order valence-electron chi connectivity index (χ4n) is 1.60. The Morgan fingerprint density at radius 1 is 1.26 bits per heavy atom. The first-order valence-corrected chi connectivity index (χ1v) is 6.93. The summed E-state index contributed by atoms with van der Waals surface area (Å²) in [5.41, 5.74) is 2.41. The van der Waals surface area contributed by atoms with Gasteiger partial charge in [-0.1, -0.05) is 29.8 Å². The van der Waals surface area contributed by atoms with Gasteiger partial charge in [0.2, 0.25) is 5.91 Å². The molecule has 2 aromatic rings. The molecule has 4 nitrogen and oxygen atoms in total. The standard InChI is InChI=1S/C14H17N3OS/c1-10-3-5-12(6-4-10)8-15-9-13(18)17-14-16-7-11(2)19-14/h3-7,15H,8-9H2,1-2H3,(H,16,17,18). The zero-order valence-corrected chi connectivity index (χ0v) is 11.9. The van der Waals surface area contributed by atoms with E-state index in [9.17, 15) is 4.79 Å².